The van der Waals surface area contributed by atoms with Gasteiger partial charge in [0.2, 0.25) is 5.91 Å². The Kier molecular flexibility index (Phi) is 10.2. The molecule has 2 aromatic rings. The molecular formula is C27H25ClN2O7S. The minimum Gasteiger partial charge on any atom is -0.493 e. The number of anilines is 1. The van der Waals surface area contributed by atoms with E-state index in [0.29, 0.717) is 35.2 Å². The van der Waals surface area contributed by atoms with Gasteiger partial charge in [-0.05, 0) is 60.2 Å². The van der Waals surface area contributed by atoms with E-state index < -0.39 is 29.6 Å². The fourth-order valence-electron chi connectivity index (χ4n) is 3.29. The van der Waals surface area contributed by atoms with Crippen molar-refractivity contribution in [3.8, 4) is 23.8 Å². The lowest BCUT2D eigenvalue weighted by molar-refractivity contribution is -0.127. The average Bonchev–Trinajstić information content (AvgIpc) is 3.16. The van der Waals surface area contributed by atoms with Crippen LogP contribution in [0, 0.1) is 12.3 Å². The van der Waals surface area contributed by atoms with Gasteiger partial charge in [-0.25, -0.2) is 4.79 Å². The maximum absolute atomic E-state index is 12.9. The highest BCUT2D eigenvalue weighted by Crippen LogP contribution is 2.34. The molecular weight excluding hydrogens is 532 g/mol. The number of rotatable bonds is 11. The van der Waals surface area contributed by atoms with Crippen molar-refractivity contribution in [2.45, 2.75) is 19.8 Å². The fourth-order valence-corrected chi connectivity index (χ4v) is 4.32. The number of esters is 1. The Balaban J connectivity index is 1.67. The molecule has 1 saturated heterocycles. The lowest BCUT2D eigenvalue weighted by Gasteiger charge is -2.13. The smallest absolute Gasteiger partial charge is 0.339 e. The second-order valence-corrected chi connectivity index (χ2v) is 9.30. The number of terminal acetylenes is 1. The van der Waals surface area contributed by atoms with Crippen LogP contribution in [0.3, 0.4) is 0 Å². The van der Waals surface area contributed by atoms with Crippen LogP contribution < -0.4 is 14.8 Å². The molecule has 1 aliphatic heterocycles. The molecule has 0 radical (unpaired) electrons. The van der Waals surface area contributed by atoms with Gasteiger partial charge in [0, 0.05) is 5.69 Å². The van der Waals surface area contributed by atoms with E-state index in [1.165, 1.54) is 31.4 Å². The molecule has 2 aromatic carbocycles. The van der Waals surface area contributed by atoms with E-state index in [1.54, 1.807) is 18.2 Å². The van der Waals surface area contributed by atoms with Gasteiger partial charge in [-0.15, -0.1) is 6.42 Å². The number of hydrogen-bond donors (Lipinski definition) is 1. The van der Waals surface area contributed by atoms with Crippen LogP contribution in [-0.4, -0.2) is 54.8 Å². The lowest BCUT2D eigenvalue weighted by Crippen LogP contribution is -2.36. The van der Waals surface area contributed by atoms with Crippen LogP contribution in [0.15, 0.2) is 41.3 Å². The first-order valence-corrected chi connectivity index (χ1v) is 12.7. The summed E-state index contributed by atoms with van der Waals surface area (Å²) in [5, 5.41) is 2.16. The highest BCUT2D eigenvalue weighted by atomic mass is 35.5. The summed E-state index contributed by atoms with van der Waals surface area (Å²) in [5.41, 5.74) is 0.953. The number of hydrogen-bond acceptors (Lipinski definition) is 8. The van der Waals surface area contributed by atoms with Crippen LogP contribution in [0.1, 0.15) is 35.7 Å². The van der Waals surface area contributed by atoms with Crippen molar-refractivity contribution in [3.63, 3.8) is 0 Å². The molecule has 0 bridgehead atoms. The number of unbranched alkanes of at least 4 members (excludes halogenated alkanes) is 1. The third-order valence-electron chi connectivity index (χ3n) is 5.17. The first kappa shape index (κ1) is 28.6. The minimum atomic E-state index is -0.627. The Bertz CT molecular complexity index is 1320. The molecule has 0 atom stereocenters. The van der Waals surface area contributed by atoms with Crippen molar-refractivity contribution < 1.29 is 33.4 Å². The van der Waals surface area contributed by atoms with Crippen LogP contribution in [0.4, 0.5) is 10.5 Å². The van der Waals surface area contributed by atoms with Crippen LogP contribution in [0.25, 0.3) is 6.08 Å². The Morgan fingerprint density at radius 2 is 1.97 bits per heavy atom. The zero-order valence-corrected chi connectivity index (χ0v) is 22.3. The van der Waals surface area contributed by atoms with E-state index in [9.17, 15) is 19.2 Å². The summed E-state index contributed by atoms with van der Waals surface area (Å²) >= 11 is 6.82. The number of thioether (sulfide) groups is 1. The normalized spacial score (nSPS) is 13.8. The fraction of sp³-hybridized carbons (Fsp3) is 0.259. The topological polar surface area (TPSA) is 111 Å². The number of nitrogens with one attached hydrogen (secondary N) is 1. The van der Waals surface area contributed by atoms with Crippen LogP contribution >= 0.6 is 23.4 Å². The largest absolute Gasteiger partial charge is 0.493 e. The molecule has 1 N–H and O–H groups in total. The first-order valence-electron chi connectivity index (χ1n) is 11.5. The standard InChI is InChI=1S/C27H25ClN2O7S/c1-4-6-12-37-26(33)19-15-18(8-9-20(19)28)29-24(31)16-30-25(32)23(38-27(30)34)14-17-7-10-21(36-11-5-2)22(13-17)35-3/h2,7-10,13-15H,4,6,11-12,16H2,1,3H3,(H,29,31)/b23-14-. The van der Waals surface area contributed by atoms with Crippen molar-refractivity contribution in [3.05, 3.63) is 57.5 Å². The van der Waals surface area contributed by atoms with Gasteiger partial charge in [-0.2, -0.15) is 0 Å². The van der Waals surface area contributed by atoms with Gasteiger partial charge in [-0.3, -0.25) is 19.3 Å². The summed E-state index contributed by atoms with van der Waals surface area (Å²) in [7, 11) is 1.47. The van der Waals surface area contributed by atoms with E-state index in [0.717, 1.165) is 11.3 Å². The van der Waals surface area contributed by atoms with Gasteiger partial charge in [0.25, 0.3) is 11.1 Å². The van der Waals surface area contributed by atoms with Gasteiger partial charge in [0.05, 0.1) is 29.2 Å². The van der Waals surface area contributed by atoms with Gasteiger partial charge in [0.1, 0.15) is 13.2 Å². The monoisotopic (exact) mass is 556 g/mol. The van der Waals surface area contributed by atoms with Crippen molar-refractivity contribution in [1.29, 1.82) is 0 Å². The lowest BCUT2D eigenvalue weighted by atomic mass is 10.2. The number of halogens is 1. The Morgan fingerprint density at radius 3 is 2.68 bits per heavy atom. The molecule has 0 spiro atoms. The number of ether oxygens (including phenoxy) is 3. The summed E-state index contributed by atoms with van der Waals surface area (Å²) in [4.78, 5) is 51.2. The van der Waals surface area contributed by atoms with Gasteiger partial charge >= 0.3 is 5.97 Å². The summed E-state index contributed by atoms with van der Waals surface area (Å²) in [6, 6.07) is 9.29. The van der Waals surface area contributed by atoms with Gasteiger partial charge in [0.15, 0.2) is 11.5 Å². The number of methoxy groups -OCH3 is 1. The molecule has 38 heavy (non-hydrogen) atoms. The molecule has 0 unspecified atom stereocenters. The molecule has 0 saturated carbocycles. The Labute approximate surface area is 229 Å². The number of imide groups is 1. The third-order valence-corrected chi connectivity index (χ3v) is 6.41. The zero-order chi connectivity index (χ0) is 27.7. The second-order valence-electron chi connectivity index (χ2n) is 7.90. The molecule has 0 aliphatic carbocycles. The molecule has 3 amide bonds. The van der Waals surface area contributed by atoms with E-state index in [1.807, 2.05) is 6.92 Å². The summed E-state index contributed by atoms with van der Waals surface area (Å²) in [5.74, 6) is 1.36. The molecule has 3 rings (SSSR count). The van der Waals surface area contributed by atoms with Crippen LogP contribution in [0.2, 0.25) is 5.02 Å². The van der Waals surface area contributed by atoms with E-state index in [4.69, 9.17) is 32.2 Å². The number of nitrogens with zero attached hydrogens (tertiary/aromatic N) is 1. The second kappa shape index (κ2) is 13.6. The van der Waals surface area contributed by atoms with Crippen molar-refractivity contribution in [1.82, 2.24) is 4.90 Å². The van der Waals surface area contributed by atoms with E-state index in [2.05, 4.69) is 11.2 Å². The third kappa shape index (κ3) is 7.31. The van der Waals surface area contributed by atoms with E-state index >= 15 is 0 Å². The summed E-state index contributed by atoms with van der Waals surface area (Å²) < 4.78 is 15.9. The molecule has 11 heteroatoms. The van der Waals surface area contributed by atoms with E-state index in [-0.39, 0.29) is 34.4 Å². The quantitative estimate of drug-likeness (QED) is 0.178. The molecule has 9 nitrogen and oxygen atoms in total. The predicted octanol–water partition coefficient (Wildman–Crippen LogP) is 4.99. The Hall–Kier alpha value is -3.94. The number of carbonyl (C=O) groups excluding carboxylic acids is 4. The SMILES string of the molecule is C#CCOc1ccc(/C=C2\SC(=O)N(CC(=O)Nc3ccc(Cl)c(C(=O)OCCCC)c3)C2=O)cc1OC. The summed E-state index contributed by atoms with van der Waals surface area (Å²) in [6.45, 7) is 1.78. The highest BCUT2D eigenvalue weighted by molar-refractivity contribution is 8.18. The predicted molar refractivity (Wildman–Crippen MR) is 145 cm³/mol. The minimum absolute atomic E-state index is 0.0665. The van der Waals surface area contributed by atoms with Gasteiger partial charge in [-0.1, -0.05) is 36.9 Å². The van der Waals surface area contributed by atoms with Crippen molar-refractivity contribution >= 4 is 58.1 Å². The van der Waals surface area contributed by atoms with Crippen molar-refractivity contribution in [2.75, 3.05) is 32.2 Å². The van der Waals surface area contributed by atoms with Crippen LogP contribution in [0.5, 0.6) is 11.5 Å². The molecule has 0 aromatic heterocycles. The zero-order valence-electron chi connectivity index (χ0n) is 20.7. The molecule has 1 aliphatic rings. The number of amides is 3. The average molecular weight is 557 g/mol. The number of benzene rings is 2. The molecule has 198 valence electrons. The maximum atomic E-state index is 12.9. The van der Waals surface area contributed by atoms with Crippen molar-refractivity contribution in [2.24, 2.45) is 0 Å². The maximum Gasteiger partial charge on any atom is 0.339 e. The summed E-state index contributed by atoms with van der Waals surface area (Å²) in [6.07, 6.45) is 8.31. The highest BCUT2D eigenvalue weighted by Gasteiger charge is 2.36. The molecule has 1 heterocycles. The number of carbonyl (C=O) groups is 4. The first-order chi connectivity index (χ1) is 18.3. The van der Waals surface area contributed by atoms with Gasteiger partial charge < -0.3 is 19.5 Å². The molecule has 1 fully saturated rings. The van der Waals surface area contributed by atoms with Crippen LogP contribution in [-0.2, 0) is 14.3 Å². The Morgan fingerprint density at radius 1 is 1.18 bits per heavy atom.